The van der Waals surface area contributed by atoms with Crippen LogP contribution >= 0.6 is 0 Å². The fraction of sp³-hybridized carbons (Fsp3) is 0.368. The molecule has 0 aliphatic carbocycles. The number of nitro benzene ring substituents is 1. The summed E-state index contributed by atoms with van der Waals surface area (Å²) >= 11 is 0. The molecule has 0 saturated carbocycles. The van der Waals surface area contributed by atoms with Crippen LogP contribution in [0.2, 0.25) is 0 Å². The maximum absolute atomic E-state index is 14.0. The van der Waals surface area contributed by atoms with Gasteiger partial charge in [-0.1, -0.05) is 24.3 Å². The largest absolute Gasteiger partial charge is 0.393 e. The molecule has 1 heterocycles. The normalized spacial score (nSPS) is 15.8. The van der Waals surface area contributed by atoms with E-state index in [2.05, 4.69) is 10.2 Å². The minimum Gasteiger partial charge on any atom is -0.393 e. The second-order valence-electron chi connectivity index (χ2n) is 6.55. The van der Waals surface area contributed by atoms with Crippen LogP contribution in [0.4, 0.5) is 15.8 Å². The van der Waals surface area contributed by atoms with Crippen LogP contribution in [0, 0.1) is 15.9 Å². The molecule has 2 N–H and O–H groups in total. The van der Waals surface area contributed by atoms with Gasteiger partial charge in [-0.15, -0.1) is 0 Å². The Morgan fingerprint density at radius 2 is 1.88 bits per heavy atom. The van der Waals surface area contributed by atoms with E-state index >= 15 is 0 Å². The molecule has 0 unspecified atom stereocenters. The molecule has 1 saturated heterocycles. The Morgan fingerprint density at radius 3 is 2.54 bits per heavy atom. The molecule has 2 aromatic rings. The van der Waals surface area contributed by atoms with E-state index in [0.29, 0.717) is 6.54 Å². The van der Waals surface area contributed by atoms with Crippen molar-refractivity contribution in [3.05, 3.63) is 69.5 Å². The van der Waals surface area contributed by atoms with E-state index in [1.165, 1.54) is 12.1 Å². The maximum Gasteiger partial charge on any atom is 0.272 e. The zero-order chi connectivity index (χ0) is 18.5. The standard InChI is InChI=1S/C19H22FN3O3/c20-18-11-16(23(25)26)5-6-19(18)21-12-14-3-1-2-4-15(14)13-22-9-7-17(24)8-10-22/h1-6,11,17,21,24H,7-10,12-13H2. The number of halogens is 1. The van der Waals surface area contributed by atoms with Gasteiger partial charge in [0, 0.05) is 32.2 Å². The number of anilines is 1. The van der Waals surface area contributed by atoms with Crippen LogP contribution in [-0.2, 0) is 13.1 Å². The maximum atomic E-state index is 14.0. The number of likely N-dealkylation sites (tertiary alicyclic amines) is 1. The molecule has 0 amide bonds. The summed E-state index contributed by atoms with van der Waals surface area (Å²) in [4.78, 5) is 12.4. The first-order valence-electron chi connectivity index (χ1n) is 8.68. The number of nitrogens with one attached hydrogen (secondary N) is 1. The summed E-state index contributed by atoms with van der Waals surface area (Å²) < 4.78 is 14.0. The summed E-state index contributed by atoms with van der Waals surface area (Å²) in [6, 6.07) is 11.6. The van der Waals surface area contributed by atoms with Gasteiger partial charge in [0.2, 0.25) is 0 Å². The van der Waals surface area contributed by atoms with Crippen LogP contribution in [0.1, 0.15) is 24.0 Å². The van der Waals surface area contributed by atoms with E-state index < -0.39 is 10.7 Å². The molecule has 1 aliphatic rings. The topological polar surface area (TPSA) is 78.6 Å². The number of hydrogen-bond acceptors (Lipinski definition) is 5. The molecule has 0 radical (unpaired) electrons. The SMILES string of the molecule is O=[N+]([O-])c1ccc(NCc2ccccc2CN2CCC(O)CC2)c(F)c1. The van der Waals surface area contributed by atoms with Crippen molar-refractivity contribution in [3.8, 4) is 0 Å². The Kier molecular flexibility index (Phi) is 5.80. The Bertz CT molecular complexity index is 776. The van der Waals surface area contributed by atoms with Gasteiger partial charge in [0.1, 0.15) is 0 Å². The quantitative estimate of drug-likeness (QED) is 0.611. The van der Waals surface area contributed by atoms with Crippen molar-refractivity contribution in [2.45, 2.75) is 32.0 Å². The highest BCUT2D eigenvalue weighted by Gasteiger charge is 2.18. The lowest BCUT2D eigenvalue weighted by Gasteiger charge is -2.30. The molecular formula is C19H22FN3O3. The molecule has 0 aromatic heterocycles. The Morgan fingerprint density at radius 1 is 1.19 bits per heavy atom. The number of nitrogens with zero attached hydrogens (tertiary/aromatic N) is 2. The third kappa shape index (κ3) is 4.56. The number of piperidine rings is 1. The lowest BCUT2D eigenvalue weighted by molar-refractivity contribution is -0.385. The summed E-state index contributed by atoms with van der Waals surface area (Å²) in [5, 5.41) is 23.3. The smallest absolute Gasteiger partial charge is 0.272 e. The first kappa shape index (κ1) is 18.3. The number of rotatable bonds is 6. The molecule has 0 spiro atoms. The van der Waals surface area contributed by atoms with Crippen molar-refractivity contribution < 1.29 is 14.4 Å². The number of aliphatic hydroxyl groups excluding tert-OH is 1. The van der Waals surface area contributed by atoms with Crippen LogP contribution < -0.4 is 5.32 Å². The molecule has 0 atom stereocenters. The summed E-state index contributed by atoms with van der Waals surface area (Å²) in [6.45, 7) is 2.94. The van der Waals surface area contributed by atoms with Crippen LogP contribution in [-0.4, -0.2) is 34.1 Å². The highest BCUT2D eigenvalue weighted by atomic mass is 19.1. The van der Waals surface area contributed by atoms with Crippen molar-refractivity contribution in [3.63, 3.8) is 0 Å². The number of hydrogen-bond donors (Lipinski definition) is 2. The van der Waals surface area contributed by atoms with Crippen molar-refractivity contribution >= 4 is 11.4 Å². The molecule has 26 heavy (non-hydrogen) atoms. The van der Waals surface area contributed by atoms with Crippen LogP contribution in [0.25, 0.3) is 0 Å². The summed E-state index contributed by atoms with van der Waals surface area (Å²) in [7, 11) is 0. The minimum atomic E-state index is -0.637. The van der Waals surface area contributed by atoms with Gasteiger partial charge in [-0.25, -0.2) is 4.39 Å². The number of non-ortho nitro benzene ring substituents is 1. The van der Waals surface area contributed by atoms with Crippen LogP contribution in [0.5, 0.6) is 0 Å². The van der Waals surface area contributed by atoms with Gasteiger partial charge in [0.15, 0.2) is 5.82 Å². The molecule has 2 aromatic carbocycles. The average molecular weight is 359 g/mol. The second kappa shape index (κ2) is 8.25. The average Bonchev–Trinajstić information content (AvgIpc) is 2.63. The zero-order valence-electron chi connectivity index (χ0n) is 14.4. The lowest BCUT2D eigenvalue weighted by atomic mass is 10.0. The van der Waals surface area contributed by atoms with E-state index in [9.17, 15) is 19.6 Å². The van der Waals surface area contributed by atoms with Gasteiger partial charge >= 0.3 is 0 Å². The highest BCUT2D eigenvalue weighted by Crippen LogP contribution is 2.22. The Hall–Kier alpha value is -2.51. The van der Waals surface area contributed by atoms with Crippen LogP contribution in [0.15, 0.2) is 42.5 Å². The number of aliphatic hydroxyl groups is 1. The van der Waals surface area contributed by atoms with Gasteiger partial charge < -0.3 is 10.4 Å². The van der Waals surface area contributed by atoms with Crippen molar-refractivity contribution in [2.24, 2.45) is 0 Å². The van der Waals surface area contributed by atoms with Gasteiger partial charge in [-0.3, -0.25) is 15.0 Å². The second-order valence-corrected chi connectivity index (χ2v) is 6.55. The molecule has 0 bridgehead atoms. The molecule has 138 valence electrons. The van der Waals surface area contributed by atoms with Crippen molar-refractivity contribution in [1.82, 2.24) is 4.90 Å². The van der Waals surface area contributed by atoms with E-state index in [1.54, 1.807) is 0 Å². The number of nitro groups is 1. The fourth-order valence-electron chi connectivity index (χ4n) is 3.15. The predicted octanol–water partition coefficient (Wildman–Crippen LogP) is 3.30. The minimum absolute atomic E-state index is 0.201. The van der Waals surface area contributed by atoms with E-state index in [-0.39, 0.29) is 17.5 Å². The molecule has 7 heteroatoms. The van der Waals surface area contributed by atoms with Crippen molar-refractivity contribution in [2.75, 3.05) is 18.4 Å². The predicted molar refractivity (Wildman–Crippen MR) is 97.3 cm³/mol. The van der Waals surface area contributed by atoms with E-state index in [1.807, 2.05) is 24.3 Å². The van der Waals surface area contributed by atoms with Gasteiger partial charge in [0.25, 0.3) is 5.69 Å². The molecule has 6 nitrogen and oxygen atoms in total. The summed E-state index contributed by atoms with van der Waals surface area (Å²) in [5.41, 5.74) is 2.18. The van der Waals surface area contributed by atoms with Gasteiger partial charge in [0.05, 0.1) is 22.8 Å². The number of benzene rings is 2. The first-order chi connectivity index (χ1) is 12.5. The lowest BCUT2D eigenvalue weighted by Crippen LogP contribution is -2.35. The third-order valence-corrected chi connectivity index (χ3v) is 4.70. The Labute approximate surface area is 151 Å². The fourth-order valence-corrected chi connectivity index (χ4v) is 3.15. The monoisotopic (exact) mass is 359 g/mol. The first-order valence-corrected chi connectivity index (χ1v) is 8.68. The highest BCUT2D eigenvalue weighted by molar-refractivity contribution is 5.50. The zero-order valence-corrected chi connectivity index (χ0v) is 14.4. The van der Waals surface area contributed by atoms with E-state index in [4.69, 9.17) is 0 Å². The third-order valence-electron chi connectivity index (χ3n) is 4.70. The molecular weight excluding hydrogens is 337 g/mol. The molecule has 3 rings (SSSR count). The van der Waals surface area contributed by atoms with E-state index in [0.717, 1.165) is 49.7 Å². The van der Waals surface area contributed by atoms with Crippen LogP contribution in [0.3, 0.4) is 0 Å². The Balaban J connectivity index is 1.66. The van der Waals surface area contributed by atoms with Crippen molar-refractivity contribution in [1.29, 1.82) is 0 Å². The summed E-state index contributed by atoms with van der Waals surface area (Å²) in [5.74, 6) is -0.637. The summed E-state index contributed by atoms with van der Waals surface area (Å²) in [6.07, 6.45) is 1.37. The molecule has 1 aliphatic heterocycles. The molecule has 1 fully saturated rings. The van der Waals surface area contributed by atoms with Gasteiger partial charge in [-0.2, -0.15) is 0 Å². The van der Waals surface area contributed by atoms with Gasteiger partial charge in [-0.05, 0) is 30.0 Å².